The third kappa shape index (κ3) is 2.64. The molecule has 2 N–H and O–H groups in total. The molecular weight excluding hydrogens is 330 g/mol. The number of nitrogens with one attached hydrogen (secondary N) is 1. The highest BCUT2D eigenvalue weighted by molar-refractivity contribution is 9.10. The van der Waals surface area contributed by atoms with Gasteiger partial charge in [-0.1, -0.05) is 45.8 Å². The molecule has 0 radical (unpaired) electrons. The van der Waals surface area contributed by atoms with Crippen LogP contribution in [0.15, 0.2) is 53.1 Å². The first-order valence-electron chi connectivity index (χ1n) is 6.62. The molecule has 0 bridgehead atoms. The second-order valence-electron chi connectivity index (χ2n) is 5.07. The Labute approximate surface area is 130 Å². The van der Waals surface area contributed by atoms with Crippen LogP contribution in [0, 0.1) is 6.92 Å². The average molecular weight is 344 g/mol. The molecule has 0 saturated heterocycles. The predicted octanol–water partition coefficient (Wildman–Crippen LogP) is 4.16. The molecule has 1 heterocycles. The predicted molar refractivity (Wildman–Crippen MR) is 86.5 cm³/mol. The lowest BCUT2D eigenvalue weighted by Gasteiger charge is -2.09. The van der Waals surface area contributed by atoms with Gasteiger partial charge in [-0.25, -0.2) is 0 Å². The van der Waals surface area contributed by atoms with Gasteiger partial charge < -0.3 is 10.1 Å². The van der Waals surface area contributed by atoms with E-state index in [0.717, 1.165) is 20.9 Å². The van der Waals surface area contributed by atoms with Crippen molar-refractivity contribution in [1.82, 2.24) is 4.98 Å². The van der Waals surface area contributed by atoms with Crippen molar-refractivity contribution in [2.75, 3.05) is 0 Å². The second kappa shape index (κ2) is 5.47. The van der Waals surface area contributed by atoms with E-state index in [1.807, 2.05) is 37.3 Å². The Balaban J connectivity index is 2.00. The Kier molecular flexibility index (Phi) is 3.66. The van der Waals surface area contributed by atoms with Gasteiger partial charge in [0, 0.05) is 32.7 Å². The molecule has 0 aliphatic heterocycles. The number of benzene rings is 2. The van der Waals surface area contributed by atoms with Crippen LogP contribution in [0.5, 0.6) is 0 Å². The van der Waals surface area contributed by atoms with E-state index >= 15 is 0 Å². The van der Waals surface area contributed by atoms with Crippen molar-refractivity contribution in [3.63, 3.8) is 0 Å². The minimum absolute atomic E-state index is 0.295. The number of ketones is 1. The van der Waals surface area contributed by atoms with Gasteiger partial charge in [0.1, 0.15) is 6.10 Å². The van der Waals surface area contributed by atoms with Crippen LogP contribution in [-0.2, 0) is 0 Å². The quantitative estimate of drug-likeness (QED) is 0.701. The molecule has 106 valence electrons. The van der Waals surface area contributed by atoms with E-state index in [-0.39, 0.29) is 5.78 Å². The standard InChI is InChI=1S/C17H14BrNO2/c1-10-2-4-11(5-3-10)16(20)17(21)14-9-19-15-7-6-12(18)8-13(14)15/h2-9,17,19,21H,1H3. The number of hydrogen-bond acceptors (Lipinski definition) is 2. The number of aromatic amines is 1. The highest BCUT2D eigenvalue weighted by atomic mass is 79.9. The van der Waals surface area contributed by atoms with Crippen LogP contribution >= 0.6 is 15.9 Å². The molecule has 3 aromatic rings. The molecule has 3 nitrogen and oxygen atoms in total. The minimum atomic E-state index is -1.17. The van der Waals surface area contributed by atoms with Gasteiger partial charge in [-0.05, 0) is 25.1 Å². The van der Waals surface area contributed by atoms with Crippen LogP contribution in [0.2, 0.25) is 0 Å². The van der Waals surface area contributed by atoms with Crippen molar-refractivity contribution in [1.29, 1.82) is 0 Å². The summed E-state index contributed by atoms with van der Waals surface area (Å²) < 4.78 is 0.908. The molecule has 1 unspecified atom stereocenters. The van der Waals surface area contributed by atoms with Crippen LogP contribution in [0.4, 0.5) is 0 Å². The molecule has 1 atom stereocenters. The molecule has 0 spiro atoms. The molecule has 4 heteroatoms. The number of aromatic nitrogens is 1. The maximum absolute atomic E-state index is 12.4. The maximum Gasteiger partial charge on any atom is 0.195 e. The Hall–Kier alpha value is -1.91. The van der Waals surface area contributed by atoms with Gasteiger partial charge in [0.15, 0.2) is 5.78 Å². The summed E-state index contributed by atoms with van der Waals surface area (Å²) in [6.45, 7) is 1.96. The van der Waals surface area contributed by atoms with Crippen molar-refractivity contribution >= 4 is 32.6 Å². The van der Waals surface area contributed by atoms with Gasteiger partial charge in [0.05, 0.1) is 0 Å². The van der Waals surface area contributed by atoms with Gasteiger partial charge in [-0.3, -0.25) is 4.79 Å². The van der Waals surface area contributed by atoms with E-state index in [9.17, 15) is 9.90 Å². The minimum Gasteiger partial charge on any atom is -0.380 e. The normalized spacial score (nSPS) is 12.5. The number of aliphatic hydroxyl groups is 1. The molecule has 21 heavy (non-hydrogen) atoms. The Morgan fingerprint density at radius 2 is 1.90 bits per heavy atom. The number of hydrogen-bond donors (Lipinski definition) is 2. The van der Waals surface area contributed by atoms with Gasteiger partial charge in [-0.15, -0.1) is 0 Å². The fourth-order valence-corrected chi connectivity index (χ4v) is 2.72. The van der Waals surface area contributed by atoms with Crippen LogP contribution in [0.25, 0.3) is 10.9 Å². The number of aliphatic hydroxyl groups excluding tert-OH is 1. The van der Waals surface area contributed by atoms with E-state index in [0.29, 0.717) is 11.1 Å². The summed E-state index contributed by atoms with van der Waals surface area (Å²) in [5.74, 6) is -0.295. The SMILES string of the molecule is Cc1ccc(C(=O)C(O)c2c[nH]c3ccc(Br)cc23)cc1. The molecule has 0 amide bonds. The molecule has 0 aliphatic rings. The van der Waals surface area contributed by atoms with Crippen molar-refractivity contribution in [2.24, 2.45) is 0 Å². The third-order valence-corrected chi connectivity index (χ3v) is 4.05. The van der Waals surface area contributed by atoms with Gasteiger partial charge in [0.25, 0.3) is 0 Å². The van der Waals surface area contributed by atoms with E-state index in [1.165, 1.54) is 0 Å². The van der Waals surface area contributed by atoms with E-state index < -0.39 is 6.10 Å². The molecule has 3 rings (SSSR count). The van der Waals surface area contributed by atoms with E-state index in [2.05, 4.69) is 20.9 Å². The number of carbonyl (C=O) groups excluding carboxylic acids is 1. The van der Waals surface area contributed by atoms with Gasteiger partial charge in [-0.2, -0.15) is 0 Å². The fraction of sp³-hybridized carbons (Fsp3) is 0.118. The summed E-state index contributed by atoms with van der Waals surface area (Å²) in [5, 5.41) is 11.2. The number of carbonyl (C=O) groups is 1. The first kappa shape index (κ1) is 14.0. The van der Waals surface area contributed by atoms with Crippen molar-refractivity contribution in [3.05, 3.63) is 69.8 Å². The van der Waals surface area contributed by atoms with Gasteiger partial charge in [0.2, 0.25) is 0 Å². The molecule has 2 aromatic carbocycles. The Morgan fingerprint density at radius 1 is 1.19 bits per heavy atom. The first-order valence-corrected chi connectivity index (χ1v) is 7.41. The zero-order valence-corrected chi connectivity index (χ0v) is 13.0. The number of rotatable bonds is 3. The van der Waals surface area contributed by atoms with Crippen molar-refractivity contribution < 1.29 is 9.90 Å². The Morgan fingerprint density at radius 3 is 2.62 bits per heavy atom. The number of Topliss-reactive ketones (excluding diaryl/α,β-unsaturated/α-hetero) is 1. The lowest BCUT2D eigenvalue weighted by Crippen LogP contribution is -2.11. The summed E-state index contributed by atoms with van der Waals surface area (Å²) in [6.07, 6.45) is 0.518. The summed E-state index contributed by atoms with van der Waals surface area (Å²) in [7, 11) is 0. The first-order chi connectivity index (χ1) is 10.1. The Bertz CT molecular complexity index is 805. The summed E-state index contributed by atoms with van der Waals surface area (Å²) in [4.78, 5) is 15.5. The third-order valence-electron chi connectivity index (χ3n) is 3.55. The molecule has 0 saturated carbocycles. The highest BCUT2D eigenvalue weighted by Crippen LogP contribution is 2.29. The van der Waals surface area contributed by atoms with Crippen molar-refractivity contribution in [3.8, 4) is 0 Å². The zero-order chi connectivity index (χ0) is 15.0. The number of halogens is 1. The monoisotopic (exact) mass is 343 g/mol. The van der Waals surface area contributed by atoms with Crippen LogP contribution in [0.3, 0.4) is 0 Å². The number of H-pyrrole nitrogens is 1. The van der Waals surface area contributed by atoms with Crippen LogP contribution in [0.1, 0.15) is 27.6 Å². The highest BCUT2D eigenvalue weighted by Gasteiger charge is 2.22. The largest absolute Gasteiger partial charge is 0.380 e. The fourth-order valence-electron chi connectivity index (χ4n) is 2.36. The number of fused-ring (bicyclic) bond motifs is 1. The zero-order valence-electron chi connectivity index (χ0n) is 11.4. The maximum atomic E-state index is 12.4. The van der Waals surface area contributed by atoms with Crippen LogP contribution < -0.4 is 0 Å². The second-order valence-corrected chi connectivity index (χ2v) is 5.98. The molecule has 0 aliphatic carbocycles. The van der Waals surface area contributed by atoms with E-state index in [1.54, 1.807) is 18.3 Å². The van der Waals surface area contributed by atoms with Gasteiger partial charge >= 0.3 is 0 Å². The number of aryl methyl sites for hydroxylation is 1. The summed E-state index contributed by atoms with van der Waals surface area (Å²) >= 11 is 3.41. The molecule has 0 fully saturated rings. The molecule has 1 aromatic heterocycles. The lowest BCUT2D eigenvalue weighted by atomic mass is 9.99. The van der Waals surface area contributed by atoms with Crippen LogP contribution in [-0.4, -0.2) is 15.9 Å². The summed E-state index contributed by atoms with van der Waals surface area (Å²) in [5.41, 5.74) is 3.08. The lowest BCUT2D eigenvalue weighted by molar-refractivity contribution is 0.0750. The topological polar surface area (TPSA) is 53.1 Å². The molecular formula is C17H14BrNO2. The van der Waals surface area contributed by atoms with Crippen molar-refractivity contribution in [2.45, 2.75) is 13.0 Å². The smallest absolute Gasteiger partial charge is 0.195 e. The average Bonchev–Trinajstić information content (AvgIpc) is 2.89. The van der Waals surface area contributed by atoms with E-state index in [4.69, 9.17) is 0 Å². The summed E-state index contributed by atoms with van der Waals surface area (Å²) in [6, 6.07) is 12.9.